The van der Waals surface area contributed by atoms with Gasteiger partial charge in [-0.3, -0.25) is 14.5 Å². The molecule has 0 spiro atoms. The van der Waals surface area contributed by atoms with Gasteiger partial charge in [-0.25, -0.2) is 9.36 Å². The molecule has 90 valence electrons. The number of hydrogen-bond donors (Lipinski definition) is 2. The fourth-order valence-corrected chi connectivity index (χ4v) is 1.49. The van der Waals surface area contributed by atoms with Gasteiger partial charge in [0.1, 0.15) is 0 Å². The highest BCUT2D eigenvalue weighted by Crippen LogP contribution is 2.14. The van der Waals surface area contributed by atoms with Crippen molar-refractivity contribution in [2.75, 3.05) is 0 Å². The maximum absolute atomic E-state index is 11.6. The smallest absolute Gasteiger partial charge is 0.335 e. The van der Waals surface area contributed by atoms with Gasteiger partial charge in [-0.1, -0.05) is 0 Å². The van der Waals surface area contributed by atoms with Gasteiger partial charge < -0.3 is 5.11 Å². The van der Waals surface area contributed by atoms with Crippen LogP contribution >= 0.6 is 0 Å². The van der Waals surface area contributed by atoms with Gasteiger partial charge in [0.05, 0.1) is 17.4 Å². The van der Waals surface area contributed by atoms with Crippen molar-refractivity contribution in [2.45, 2.75) is 20.4 Å². The number of hydrogen-bond acceptors (Lipinski definition) is 4. The molecule has 0 fully saturated rings. The van der Waals surface area contributed by atoms with E-state index in [0.717, 1.165) is 4.57 Å². The minimum absolute atomic E-state index is 0.0915. The molecule has 7 heteroatoms. The standard InChI is InChI=1S/C10H12N4O3/c1-3-13-5-7(4-11-13)14-9(16)6(2)8(15)12-10(14)17/h4-5,16H,3H2,1-2H3,(H,12,15,17). The predicted octanol–water partition coefficient (Wildman–Crippen LogP) is -0.244. The van der Waals surface area contributed by atoms with Crippen molar-refractivity contribution in [3.8, 4) is 11.6 Å². The number of nitrogens with zero attached hydrogens (tertiary/aromatic N) is 3. The number of aromatic nitrogens is 4. The van der Waals surface area contributed by atoms with Crippen LogP contribution in [0.4, 0.5) is 0 Å². The van der Waals surface area contributed by atoms with E-state index >= 15 is 0 Å². The van der Waals surface area contributed by atoms with Crippen molar-refractivity contribution in [2.24, 2.45) is 0 Å². The Balaban J connectivity index is 2.71. The zero-order valence-electron chi connectivity index (χ0n) is 9.47. The van der Waals surface area contributed by atoms with Gasteiger partial charge in [-0.05, 0) is 13.8 Å². The van der Waals surface area contributed by atoms with E-state index in [-0.39, 0.29) is 11.4 Å². The molecule has 0 aliphatic heterocycles. The van der Waals surface area contributed by atoms with Gasteiger partial charge in [-0.15, -0.1) is 0 Å². The Morgan fingerprint density at radius 2 is 2.18 bits per heavy atom. The molecule has 7 nitrogen and oxygen atoms in total. The number of H-pyrrole nitrogens is 1. The summed E-state index contributed by atoms with van der Waals surface area (Å²) in [5.41, 5.74) is -0.775. The number of aromatic hydroxyl groups is 1. The second kappa shape index (κ2) is 3.93. The quantitative estimate of drug-likeness (QED) is 0.752. The highest BCUT2D eigenvalue weighted by Gasteiger charge is 2.12. The molecule has 17 heavy (non-hydrogen) atoms. The third-order valence-electron chi connectivity index (χ3n) is 2.51. The topological polar surface area (TPSA) is 92.9 Å². The van der Waals surface area contributed by atoms with E-state index in [1.165, 1.54) is 13.1 Å². The second-order valence-corrected chi connectivity index (χ2v) is 3.60. The van der Waals surface area contributed by atoms with Crippen LogP contribution in [0.25, 0.3) is 5.69 Å². The van der Waals surface area contributed by atoms with Gasteiger partial charge in [0.2, 0.25) is 5.88 Å². The van der Waals surface area contributed by atoms with Crippen LogP contribution < -0.4 is 11.2 Å². The Bertz CT molecular complexity index is 665. The van der Waals surface area contributed by atoms with Gasteiger partial charge in [0, 0.05) is 12.7 Å². The first kappa shape index (κ1) is 11.2. The molecule has 2 N–H and O–H groups in total. The number of nitrogens with one attached hydrogen (secondary N) is 1. The van der Waals surface area contributed by atoms with Crippen molar-refractivity contribution in [3.63, 3.8) is 0 Å². The number of aryl methyl sites for hydroxylation is 1. The van der Waals surface area contributed by atoms with Crippen LogP contribution in [0.15, 0.2) is 22.0 Å². The molecule has 2 aromatic heterocycles. The summed E-state index contributed by atoms with van der Waals surface area (Å²) in [7, 11) is 0. The average Bonchev–Trinajstić information content (AvgIpc) is 2.74. The minimum atomic E-state index is -0.686. The molecule has 2 aromatic rings. The second-order valence-electron chi connectivity index (χ2n) is 3.60. The summed E-state index contributed by atoms with van der Waals surface area (Å²) >= 11 is 0. The molecule has 0 radical (unpaired) electrons. The van der Waals surface area contributed by atoms with Crippen molar-refractivity contribution in [3.05, 3.63) is 38.8 Å². The zero-order valence-corrected chi connectivity index (χ0v) is 9.47. The minimum Gasteiger partial charge on any atom is -0.494 e. The van der Waals surface area contributed by atoms with Crippen LogP contribution in [0.2, 0.25) is 0 Å². The summed E-state index contributed by atoms with van der Waals surface area (Å²) < 4.78 is 2.62. The normalized spacial score (nSPS) is 10.7. The van der Waals surface area contributed by atoms with Crippen LogP contribution in [0.3, 0.4) is 0 Å². The maximum Gasteiger partial charge on any atom is 0.335 e. The molecule has 2 heterocycles. The Labute approximate surface area is 96.0 Å². The molecule has 0 saturated carbocycles. The molecule has 0 aliphatic carbocycles. The molecule has 0 amide bonds. The SMILES string of the molecule is CCn1cc(-n2c(O)c(C)c(=O)[nH]c2=O)cn1. The van der Waals surface area contributed by atoms with Gasteiger partial charge in [0.25, 0.3) is 5.56 Å². The van der Waals surface area contributed by atoms with Crippen molar-refractivity contribution in [1.29, 1.82) is 0 Å². The number of rotatable bonds is 2. The fourth-order valence-electron chi connectivity index (χ4n) is 1.49. The Kier molecular flexibility index (Phi) is 2.58. The van der Waals surface area contributed by atoms with E-state index in [2.05, 4.69) is 10.1 Å². The van der Waals surface area contributed by atoms with Crippen LogP contribution in [0.5, 0.6) is 5.88 Å². The lowest BCUT2D eigenvalue weighted by Crippen LogP contribution is -2.30. The maximum atomic E-state index is 11.6. The third kappa shape index (κ3) is 1.75. The number of aromatic amines is 1. The first-order valence-electron chi connectivity index (χ1n) is 5.12. The summed E-state index contributed by atoms with van der Waals surface area (Å²) in [6.45, 7) is 3.99. The molecule has 0 aromatic carbocycles. The molecule has 0 bridgehead atoms. The Hall–Kier alpha value is -2.31. The zero-order chi connectivity index (χ0) is 12.6. The monoisotopic (exact) mass is 236 g/mol. The van der Waals surface area contributed by atoms with Gasteiger partial charge >= 0.3 is 5.69 Å². The molecular formula is C10H12N4O3. The Morgan fingerprint density at radius 1 is 1.47 bits per heavy atom. The van der Waals surface area contributed by atoms with Crippen LogP contribution in [0.1, 0.15) is 12.5 Å². The summed E-state index contributed by atoms with van der Waals surface area (Å²) in [4.78, 5) is 25.0. The van der Waals surface area contributed by atoms with Gasteiger partial charge in [0.15, 0.2) is 0 Å². The summed E-state index contributed by atoms with van der Waals surface area (Å²) in [6, 6.07) is 0. The van der Waals surface area contributed by atoms with Crippen LogP contribution in [-0.4, -0.2) is 24.4 Å². The summed E-state index contributed by atoms with van der Waals surface area (Å²) in [5.74, 6) is -0.366. The van der Waals surface area contributed by atoms with Crippen molar-refractivity contribution in [1.82, 2.24) is 19.3 Å². The highest BCUT2D eigenvalue weighted by atomic mass is 16.3. The van der Waals surface area contributed by atoms with E-state index in [1.54, 1.807) is 10.9 Å². The fraction of sp³-hybridized carbons (Fsp3) is 0.300. The molecule has 0 aliphatic rings. The van der Waals surface area contributed by atoms with Crippen LogP contribution in [-0.2, 0) is 6.54 Å². The third-order valence-corrected chi connectivity index (χ3v) is 2.51. The predicted molar refractivity (Wildman–Crippen MR) is 60.5 cm³/mol. The van der Waals surface area contributed by atoms with E-state index in [4.69, 9.17) is 0 Å². The van der Waals surface area contributed by atoms with E-state index in [1.807, 2.05) is 6.92 Å². The molecule has 0 saturated heterocycles. The van der Waals surface area contributed by atoms with E-state index in [0.29, 0.717) is 12.2 Å². The van der Waals surface area contributed by atoms with Crippen LogP contribution in [0, 0.1) is 6.92 Å². The van der Waals surface area contributed by atoms with Gasteiger partial charge in [-0.2, -0.15) is 5.10 Å². The largest absolute Gasteiger partial charge is 0.494 e. The Morgan fingerprint density at radius 3 is 2.76 bits per heavy atom. The molecule has 2 rings (SSSR count). The molecular weight excluding hydrogens is 224 g/mol. The molecule has 0 unspecified atom stereocenters. The lowest BCUT2D eigenvalue weighted by atomic mass is 10.3. The lowest BCUT2D eigenvalue weighted by Gasteiger charge is -2.06. The molecule has 0 atom stereocenters. The summed E-state index contributed by atoms with van der Waals surface area (Å²) in [6.07, 6.45) is 3.06. The first-order valence-corrected chi connectivity index (χ1v) is 5.12. The van der Waals surface area contributed by atoms with E-state index < -0.39 is 11.2 Å². The highest BCUT2D eigenvalue weighted by molar-refractivity contribution is 5.34. The lowest BCUT2D eigenvalue weighted by molar-refractivity contribution is 0.426. The van der Waals surface area contributed by atoms with Crippen molar-refractivity contribution >= 4 is 0 Å². The average molecular weight is 236 g/mol. The first-order chi connectivity index (χ1) is 8.04. The van der Waals surface area contributed by atoms with E-state index in [9.17, 15) is 14.7 Å². The summed E-state index contributed by atoms with van der Waals surface area (Å²) in [5, 5.41) is 13.8. The van der Waals surface area contributed by atoms with Crippen molar-refractivity contribution < 1.29 is 5.11 Å².